The molecule has 134 valence electrons. The van der Waals surface area contributed by atoms with Gasteiger partial charge in [-0.15, -0.1) is 22.9 Å². The van der Waals surface area contributed by atoms with E-state index < -0.39 is 17.2 Å². The van der Waals surface area contributed by atoms with Crippen molar-refractivity contribution in [3.05, 3.63) is 57.5 Å². The van der Waals surface area contributed by atoms with E-state index in [1.165, 1.54) is 18.4 Å². The second-order valence-corrected chi connectivity index (χ2v) is 6.16. The summed E-state index contributed by atoms with van der Waals surface area (Å²) in [6, 6.07) is 7.61. The number of nitrogens with one attached hydrogen (secondary N) is 1. The van der Waals surface area contributed by atoms with E-state index in [-0.39, 0.29) is 11.6 Å². The Bertz CT molecular complexity index is 1020. The van der Waals surface area contributed by atoms with Gasteiger partial charge < -0.3 is 9.84 Å². The lowest BCUT2D eigenvalue weighted by Gasteiger charge is -2.11. The highest BCUT2D eigenvalue weighted by atomic mass is 35.5. The highest BCUT2D eigenvalue weighted by molar-refractivity contribution is 7.14. The summed E-state index contributed by atoms with van der Waals surface area (Å²) in [5, 5.41) is 18.5. The summed E-state index contributed by atoms with van der Waals surface area (Å²) in [6.45, 7) is 0. The Labute approximate surface area is 156 Å². The topological polar surface area (TPSA) is 106 Å². The van der Waals surface area contributed by atoms with E-state index in [0.29, 0.717) is 22.3 Å². The molecule has 0 atom stereocenters. The molecule has 0 saturated heterocycles. The summed E-state index contributed by atoms with van der Waals surface area (Å²) in [7, 11) is 1.45. The molecule has 0 bridgehead atoms. The van der Waals surface area contributed by atoms with Crippen LogP contribution in [0.25, 0.3) is 5.69 Å². The SMILES string of the molecule is COc1ccccc1-n1nc(C(=O)Nc2nc(CCl)cs2)c(O)cc1=O. The van der Waals surface area contributed by atoms with Gasteiger partial charge in [-0.05, 0) is 12.1 Å². The smallest absolute Gasteiger partial charge is 0.281 e. The number of alkyl halides is 1. The van der Waals surface area contributed by atoms with E-state index in [1.54, 1.807) is 29.6 Å². The third kappa shape index (κ3) is 3.53. The average Bonchev–Trinajstić information content (AvgIpc) is 3.09. The second-order valence-electron chi connectivity index (χ2n) is 5.03. The number of carbonyl (C=O) groups excluding carboxylic acids is 1. The van der Waals surface area contributed by atoms with Gasteiger partial charge in [-0.2, -0.15) is 9.78 Å². The van der Waals surface area contributed by atoms with Crippen molar-refractivity contribution in [1.82, 2.24) is 14.8 Å². The number of nitrogens with zero attached hydrogens (tertiary/aromatic N) is 3. The van der Waals surface area contributed by atoms with Crippen LogP contribution in [-0.4, -0.2) is 32.9 Å². The minimum Gasteiger partial charge on any atom is -0.505 e. The maximum absolute atomic E-state index is 12.4. The molecule has 0 radical (unpaired) electrons. The molecule has 26 heavy (non-hydrogen) atoms. The molecule has 2 N–H and O–H groups in total. The summed E-state index contributed by atoms with van der Waals surface area (Å²) in [6.07, 6.45) is 0. The maximum atomic E-state index is 12.4. The Kier molecular flexibility index (Phi) is 5.19. The van der Waals surface area contributed by atoms with E-state index >= 15 is 0 Å². The molecule has 1 amide bonds. The first-order valence-corrected chi connectivity index (χ1v) is 8.73. The number of carbonyl (C=O) groups is 1. The number of para-hydroxylation sites is 2. The summed E-state index contributed by atoms with van der Waals surface area (Å²) < 4.78 is 6.20. The van der Waals surface area contributed by atoms with E-state index in [2.05, 4.69) is 15.4 Å². The number of ether oxygens (including phenoxy) is 1. The molecule has 3 rings (SSSR count). The first-order valence-electron chi connectivity index (χ1n) is 7.32. The first kappa shape index (κ1) is 17.9. The van der Waals surface area contributed by atoms with Gasteiger partial charge in [0.15, 0.2) is 16.6 Å². The maximum Gasteiger partial charge on any atom is 0.281 e. The minimum atomic E-state index is -0.707. The molecule has 0 fully saturated rings. The molecule has 3 aromatic rings. The van der Waals surface area contributed by atoms with Crippen LogP contribution < -0.4 is 15.6 Å². The molecule has 0 aliphatic carbocycles. The van der Waals surface area contributed by atoms with Crippen LogP contribution in [0.3, 0.4) is 0 Å². The largest absolute Gasteiger partial charge is 0.505 e. The first-order chi connectivity index (χ1) is 12.5. The molecule has 8 nitrogen and oxygen atoms in total. The summed E-state index contributed by atoms with van der Waals surface area (Å²) in [4.78, 5) is 28.8. The number of anilines is 1. The zero-order valence-corrected chi connectivity index (χ0v) is 15.0. The molecular formula is C16H13ClN4O4S. The van der Waals surface area contributed by atoms with Gasteiger partial charge in [0.1, 0.15) is 11.4 Å². The number of aromatic hydroxyl groups is 1. The highest BCUT2D eigenvalue weighted by Gasteiger charge is 2.19. The van der Waals surface area contributed by atoms with Crippen molar-refractivity contribution in [2.75, 3.05) is 12.4 Å². The van der Waals surface area contributed by atoms with Crippen LogP contribution >= 0.6 is 22.9 Å². The standard InChI is InChI=1S/C16H13ClN4O4S/c1-25-12-5-3-2-4-10(12)21-13(23)6-11(22)14(20-21)15(24)19-16-18-9(7-17)8-26-16/h2-6,8,22H,7H2,1H3,(H,18,19,24). The van der Waals surface area contributed by atoms with E-state index in [0.717, 1.165) is 10.7 Å². The molecule has 0 aliphatic heterocycles. The van der Waals surface area contributed by atoms with Crippen LogP contribution in [0.5, 0.6) is 11.5 Å². The summed E-state index contributed by atoms with van der Waals surface area (Å²) >= 11 is 6.87. The van der Waals surface area contributed by atoms with Crippen molar-refractivity contribution in [3.63, 3.8) is 0 Å². The van der Waals surface area contributed by atoms with Gasteiger partial charge in [0.05, 0.1) is 18.7 Å². The van der Waals surface area contributed by atoms with Gasteiger partial charge in [-0.1, -0.05) is 12.1 Å². The highest BCUT2D eigenvalue weighted by Crippen LogP contribution is 2.22. The number of halogens is 1. The third-order valence-electron chi connectivity index (χ3n) is 3.35. The Morgan fingerprint density at radius 3 is 2.88 bits per heavy atom. The average molecular weight is 393 g/mol. The molecule has 1 aromatic carbocycles. The lowest BCUT2D eigenvalue weighted by Crippen LogP contribution is -2.25. The zero-order chi connectivity index (χ0) is 18.7. The normalized spacial score (nSPS) is 10.5. The number of amides is 1. The number of hydrogen-bond donors (Lipinski definition) is 2. The molecule has 2 heterocycles. The number of methoxy groups -OCH3 is 1. The van der Waals surface area contributed by atoms with Gasteiger partial charge >= 0.3 is 0 Å². The fourth-order valence-corrected chi connectivity index (χ4v) is 3.10. The lowest BCUT2D eigenvalue weighted by atomic mass is 10.3. The van der Waals surface area contributed by atoms with Crippen LogP contribution in [0.4, 0.5) is 5.13 Å². The van der Waals surface area contributed by atoms with Crippen LogP contribution in [0, 0.1) is 0 Å². The molecule has 10 heteroatoms. The lowest BCUT2D eigenvalue weighted by molar-refractivity contribution is 0.101. The minimum absolute atomic E-state index is 0.217. The van der Waals surface area contributed by atoms with E-state index in [4.69, 9.17) is 16.3 Å². The van der Waals surface area contributed by atoms with Crippen molar-refractivity contribution in [2.24, 2.45) is 0 Å². The van der Waals surface area contributed by atoms with Crippen molar-refractivity contribution in [2.45, 2.75) is 5.88 Å². The van der Waals surface area contributed by atoms with Crippen molar-refractivity contribution >= 4 is 34.0 Å². The summed E-state index contributed by atoms with van der Waals surface area (Å²) in [5.74, 6) is -0.630. The van der Waals surface area contributed by atoms with E-state index in [1.807, 2.05) is 0 Å². The fourth-order valence-electron chi connectivity index (χ4n) is 2.17. The predicted octanol–water partition coefficient (Wildman–Crippen LogP) is 2.39. The molecule has 0 unspecified atom stereocenters. The van der Waals surface area contributed by atoms with Crippen LogP contribution in [0.15, 0.2) is 40.5 Å². The van der Waals surface area contributed by atoms with Gasteiger partial charge in [0.25, 0.3) is 11.5 Å². The van der Waals surface area contributed by atoms with Crippen LogP contribution in [-0.2, 0) is 5.88 Å². The number of hydrogen-bond acceptors (Lipinski definition) is 7. The Morgan fingerprint density at radius 2 is 2.19 bits per heavy atom. The van der Waals surface area contributed by atoms with Crippen LogP contribution in [0.1, 0.15) is 16.2 Å². The van der Waals surface area contributed by atoms with Crippen molar-refractivity contribution in [1.29, 1.82) is 0 Å². The molecule has 0 spiro atoms. The number of aromatic nitrogens is 3. The molecule has 0 aliphatic rings. The van der Waals surface area contributed by atoms with Gasteiger partial charge in [-0.3, -0.25) is 14.9 Å². The third-order valence-corrected chi connectivity index (χ3v) is 4.43. The number of rotatable bonds is 5. The van der Waals surface area contributed by atoms with Gasteiger partial charge in [0.2, 0.25) is 0 Å². The summed E-state index contributed by atoms with van der Waals surface area (Å²) in [5.41, 5.74) is 0.0243. The van der Waals surface area contributed by atoms with Crippen molar-refractivity contribution in [3.8, 4) is 17.2 Å². The quantitative estimate of drug-likeness (QED) is 0.646. The molecular weight excluding hydrogens is 380 g/mol. The Hall–Kier alpha value is -2.91. The Morgan fingerprint density at radius 1 is 1.42 bits per heavy atom. The zero-order valence-electron chi connectivity index (χ0n) is 13.5. The number of thiazole rings is 1. The number of benzene rings is 1. The molecule has 2 aromatic heterocycles. The second kappa shape index (κ2) is 7.54. The fraction of sp³-hybridized carbons (Fsp3) is 0.125. The van der Waals surface area contributed by atoms with Gasteiger partial charge in [0, 0.05) is 11.4 Å². The van der Waals surface area contributed by atoms with Crippen LogP contribution in [0.2, 0.25) is 0 Å². The monoisotopic (exact) mass is 392 g/mol. The van der Waals surface area contributed by atoms with E-state index in [9.17, 15) is 14.7 Å². The van der Waals surface area contributed by atoms with Gasteiger partial charge in [-0.25, -0.2) is 4.98 Å². The Balaban J connectivity index is 2.00. The molecule has 0 saturated carbocycles. The predicted molar refractivity (Wildman–Crippen MR) is 97.7 cm³/mol. The van der Waals surface area contributed by atoms with Crippen molar-refractivity contribution < 1.29 is 14.6 Å².